The monoisotopic (exact) mass is 251 g/mol. The van der Waals surface area contributed by atoms with Gasteiger partial charge in [0.1, 0.15) is 12.1 Å². The van der Waals surface area contributed by atoms with Crippen molar-refractivity contribution < 1.29 is 9.47 Å². The lowest BCUT2D eigenvalue weighted by Crippen LogP contribution is -2.18. The molecule has 0 spiro atoms. The molecule has 1 aromatic rings. The summed E-state index contributed by atoms with van der Waals surface area (Å²) in [4.78, 5) is 8.31. The first kappa shape index (κ1) is 13.1. The van der Waals surface area contributed by atoms with Gasteiger partial charge in [0.25, 0.3) is 0 Å². The molecule has 0 saturated heterocycles. The van der Waals surface area contributed by atoms with E-state index in [2.05, 4.69) is 15.3 Å². The van der Waals surface area contributed by atoms with Crippen molar-refractivity contribution >= 4 is 5.82 Å². The van der Waals surface area contributed by atoms with Gasteiger partial charge in [-0.15, -0.1) is 0 Å². The third-order valence-electron chi connectivity index (χ3n) is 3.07. The van der Waals surface area contributed by atoms with Gasteiger partial charge >= 0.3 is 0 Å². The number of nitrogens with one attached hydrogen (secondary N) is 1. The fraction of sp³-hybridized carbons (Fsp3) is 0.692. The highest BCUT2D eigenvalue weighted by Crippen LogP contribution is 2.24. The molecule has 18 heavy (non-hydrogen) atoms. The third kappa shape index (κ3) is 3.57. The zero-order chi connectivity index (χ0) is 13.0. The molecule has 2 unspecified atom stereocenters. The first-order valence-electron chi connectivity index (χ1n) is 6.45. The number of hydrogen-bond donors (Lipinski definition) is 1. The Hall–Kier alpha value is -1.36. The fourth-order valence-electron chi connectivity index (χ4n) is 2.22. The van der Waals surface area contributed by atoms with Crippen molar-refractivity contribution in [3.05, 3.63) is 12.4 Å². The van der Waals surface area contributed by atoms with Gasteiger partial charge in [-0.25, -0.2) is 9.97 Å². The minimum atomic E-state index is 0.122. The zero-order valence-electron chi connectivity index (χ0n) is 11.2. The summed E-state index contributed by atoms with van der Waals surface area (Å²) >= 11 is 0. The average molecular weight is 251 g/mol. The van der Waals surface area contributed by atoms with Crippen LogP contribution in [0.25, 0.3) is 0 Å². The lowest BCUT2D eigenvalue weighted by atomic mass is 10.2. The SMILES string of the molecule is COC1CCC(Nc2cc(OC(C)C)ncn2)C1. The Morgan fingerprint density at radius 3 is 2.83 bits per heavy atom. The summed E-state index contributed by atoms with van der Waals surface area (Å²) in [5.41, 5.74) is 0. The molecule has 1 heterocycles. The summed E-state index contributed by atoms with van der Waals surface area (Å²) in [5, 5.41) is 3.41. The van der Waals surface area contributed by atoms with Crippen molar-refractivity contribution in [3.8, 4) is 5.88 Å². The molecule has 1 fully saturated rings. The van der Waals surface area contributed by atoms with Crippen LogP contribution in [0.3, 0.4) is 0 Å². The summed E-state index contributed by atoms with van der Waals surface area (Å²) in [5.74, 6) is 1.44. The number of anilines is 1. The van der Waals surface area contributed by atoms with Crippen LogP contribution in [0.5, 0.6) is 5.88 Å². The summed E-state index contributed by atoms with van der Waals surface area (Å²) in [7, 11) is 1.77. The molecule has 2 rings (SSSR count). The predicted octanol–water partition coefficient (Wildman–Crippen LogP) is 2.24. The number of rotatable bonds is 5. The molecular weight excluding hydrogens is 230 g/mol. The van der Waals surface area contributed by atoms with E-state index in [1.165, 1.54) is 6.33 Å². The standard InChI is InChI=1S/C13H21N3O2/c1-9(2)18-13-7-12(14-8-15-13)16-10-4-5-11(6-10)17-3/h7-11H,4-6H2,1-3H3,(H,14,15,16). The Morgan fingerprint density at radius 2 is 2.17 bits per heavy atom. The van der Waals surface area contributed by atoms with Crippen molar-refractivity contribution in [1.82, 2.24) is 9.97 Å². The number of ether oxygens (including phenoxy) is 2. The van der Waals surface area contributed by atoms with Crippen LogP contribution in [-0.2, 0) is 4.74 Å². The summed E-state index contributed by atoms with van der Waals surface area (Å²) < 4.78 is 10.9. The quantitative estimate of drug-likeness (QED) is 0.869. The molecule has 2 atom stereocenters. The van der Waals surface area contributed by atoms with Crippen LogP contribution in [0.15, 0.2) is 12.4 Å². The molecule has 0 radical (unpaired) electrons. The molecular formula is C13H21N3O2. The molecule has 0 aliphatic heterocycles. The van der Waals surface area contributed by atoms with Crippen LogP contribution in [0, 0.1) is 0 Å². The van der Waals surface area contributed by atoms with E-state index in [1.807, 2.05) is 19.9 Å². The second-order valence-electron chi connectivity index (χ2n) is 4.92. The van der Waals surface area contributed by atoms with Gasteiger partial charge in [-0.05, 0) is 33.1 Å². The van der Waals surface area contributed by atoms with Crippen molar-refractivity contribution in [2.45, 2.75) is 51.4 Å². The minimum Gasteiger partial charge on any atom is -0.475 e. The Kier molecular flexibility index (Phi) is 4.36. The molecule has 1 saturated carbocycles. The maximum Gasteiger partial charge on any atom is 0.218 e. The average Bonchev–Trinajstić information content (AvgIpc) is 2.76. The first-order chi connectivity index (χ1) is 8.67. The van der Waals surface area contributed by atoms with E-state index in [1.54, 1.807) is 7.11 Å². The fourth-order valence-corrected chi connectivity index (χ4v) is 2.22. The van der Waals surface area contributed by atoms with Gasteiger partial charge in [0.05, 0.1) is 12.2 Å². The molecule has 100 valence electrons. The van der Waals surface area contributed by atoms with Crippen LogP contribution in [0.1, 0.15) is 33.1 Å². The molecule has 0 aromatic carbocycles. The van der Waals surface area contributed by atoms with Gasteiger partial charge in [0.15, 0.2) is 0 Å². The van der Waals surface area contributed by atoms with Crippen molar-refractivity contribution in [1.29, 1.82) is 0 Å². The third-order valence-corrected chi connectivity index (χ3v) is 3.07. The van der Waals surface area contributed by atoms with Crippen molar-refractivity contribution in [2.75, 3.05) is 12.4 Å². The molecule has 5 heteroatoms. The second-order valence-corrected chi connectivity index (χ2v) is 4.92. The Morgan fingerprint density at radius 1 is 1.33 bits per heavy atom. The predicted molar refractivity (Wildman–Crippen MR) is 69.9 cm³/mol. The van der Waals surface area contributed by atoms with Gasteiger partial charge in [0.2, 0.25) is 5.88 Å². The van der Waals surface area contributed by atoms with Crippen LogP contribution in [-0.4, -0.2) is 35.3 Å². The number of aromatic nitrogens is 2. The molecule has 1 aromatic heterocycles. The van der Waals surface area contributed by atoms with Gasteiger partial charge in [0, 0.05) is 19.2 Å². The molecule has 1 aliphatic rings. The summed E-state index contributed by atoms with van der Waals surface area (Å²) in [6.45, 7) is 3.96. The molecule has 1 N–H and O–H groups in total. The van der Waals surface area contributed by atoms with Crippen molar-refractivity contribution in [2.24, 2.45) is 0 Å². The van der Waals surface area contributed by atoms with E-state index in [9.17, 15) is 0 Å². The molecule has 0 amide bonds. The van der Waals surface area contributed by atoms with E-state index in [0.717, 1.165) is 25.1 Å². The van der Waals surface area contributed by atoms with Crippen LogP contribution >= 0.6 is 0 Å². The topological polar surface area (TPSA) is 56.3 Å². The lowest BCUT2D eigenvalue weighted by molar-refractivity contribution is 0.108. The lowest BCUT2D eigenvalue weighted by Gasteiger charge is -2.14. The Balaban J connectivity index is 1.93. The molecule has 5 nitrogen and oxygen atoms in total. The second kappa shape index (κ2) is 6.00. The molecule has 0 bridgehead atoms. The normalized spacial score (nSPS) is 23.3. The maximum absolute atomic E-state index is 5.55. The Labute approximate surface area is 108 Å². The van der Waals surface area contributed by atoms with Gasteiger partial charge in [-0.3, -0.25) is 0 Å². The van der Waals surface area contributed by atoms with E-state index >= 15 is 0 Å². The summed E-state index contributed by atoms with van der Waals surface area (Å²) in [6, 6.07) is 2.27. The van der Waals surface area contributed by atoms with E-state index in [4.69, 9.17) is 9.47 Å². The smallest absolute Gasteiger partial charge is 0.218 e. The van der Waals surface area contributed by atoms with E-state index in [0.29, 0.717) is 18.0 Å². The van der Waals surface area contributed by atoms with Gasteiger partial charge in [-0.1, -0.05) is 0 Å². The highest BCUT2D eigenvalue weighted by atomic mass is 16.5. The number of methoxy groups -OCH3 is 1. The van der Waals surface area contributed by atoms with Crippen LogP contribution in [0.4, 0.5) is 5.82 Å². The zero-order valence-corrected chi connectivity index (χ0v) is 11.2. The number of hydrogen-bond acceptors (Lipinski definition) is 5. The maximum atomic E-state index is 5.55. The molecule has 1 aliphatic carbocycles. The van der Waals surface area contributed by atoms with Crippen LogP contribution in [0.2, 0.25) is 0 Å². The summed E-state index contributed by atoms with van der Waals surface area (Å²) in [6.07, 6.45) is 5.27. The van der Waals surface area contributed by atoms with Gasteiger partial charge in [-0.2, -0.15) is 0 Å². The Bertz CT molecular complexity index is 384. The first-order valence-corrected chi connectivity index (χ1v) is 6.45. The van der Waals surface area contributed by atoms with Crippen LogP contribution < -0.4 is 10.1 Å². The minimum absolute atomic E-state index is 0.122. The largest absolute Gasteiger partial charge is 0.475 e. The highest BCUT2D eigenvalue weighted by Gasteiger charge is 2.24. The van der Waals surface area contributed by atoms with E-state index < -0.39 is 0 Å². The van der Waals surface area contributed by atoms with Gasteiger partial charge < -0.3 is 14.8 Å². The van der Waals surface area contributed by atoms with Crippen molar-refractivity contribution in [3.63, 3.8) is 0 Å². The highest BCUT2D eigenvalue weighted by molar-refractivity contribution is 5.38. The number of nitrogens with zero attached hydrogens (tertiary/aromatic N) is 2. The van der Waals surface area contributed by atoms with E-state index in [-0.39, 0.29) is 6.10 Å².